The summed E-state index contributed by atoms with van der Waals surface area (Å²) >= 11 is 0. The normalized spacial score (nSPS) is 30.2. The molecule has 0 saturated heterocycles. The number of aliphatic hydroxyl groups excluding tert-OH is 2. The van der Waals surface area contributed by atoms with Crippen LogP contribution in [0.1, 0.15) is 34.2 Å². The number of hydrogen-bond acceptors (Lipinski definition) is 8. The van der Waals surface area contributed by atoms with E-state index >= 15 is 0 Å². The lowest BCUT2D eigenvalue weighted by Crippen LogP contribution is -2.73. The third-order valence-corrected chi connectivity index (χ3v) is 8.87. The number of ketones is 2. The quantitative estimate of drug-likeness (QED) is 0.358. The Morgan fingerprint density at radius 2 is 1.74 bits per heavy atom. The molecule has 9 nitrogen and oxygen atoms in total. The van der Waals surface area contributed by atoms with Crippen LogP contribution in [0.3, 0.4) is 0 Å². The molecule has 0 aliphatic heterocycles. The summed E-state index contributed by atoms with van der Waals surface area (Å²) < 4.78 is 0. The average molecular weight is 535 g/mol. The van der Waals surface area contributed by atoms with Crippen LogP contribution in [0, 0.1) is 24.7 Å². The molecule has 206 valence electrons. The van der Waals surface area contributed by atoms with Crippen LogP contribution in [-0.4, -0.2) is 74.6 Å². The second-order valence-electron chi connectivity index (χ2n) is 11.4. The van der Waals surface area contributed by atoms with Crippen LogP contribution >= 0.6 is 0 Å². The van der Waals surface area contributed by atoms with Crippen LogP contribution < -0.4 is 5.73 Å². The molecule has 3 aliphatic rings. The predicted molar refractivity (Wildman–Crippen MR) is 143 cm³/mol. The molecule has 6 atom stereocenters. The Labute approximate surface area is 226 Å². The van der Waals surface area contributed by atoms with Gasteiger partial charge in [0.05, 0.1) is 11.7 Å². The summed E-state index contributed by atoms with van der Waals surface area (Å²) in [5.74, 6) is -7.35. The molecule has 0 heterocycles. The highest BCUT2D eigenvalue weighted by Crippen LogP contribution is 2.52. The van der Waals surface area contributed by atoms with Gasteiger partial charge in [0.15, 0.2) is 11.4 Å². The van der Waals surface area contributed by atoms with Gasteiger partial charge in [0, 0.05) is 17.5 Å². The number of aliphatic hydroxyl groups is 3. The van der Waals surface area contributed by atoms with E-state index in [2.05, 4.69) is 12.1 Å². The number of hydrogen-bond donors (Lipinski definition) is 5. The molecule has 2 aromatic rings. The second-order valence-corrected chi connectivity index (χ2v) is 11.4. The molecule has 0 radical (unpaired) electrons. The zero-order valence-corrected chi connectivity index (χ0v) is 22.2. The van der Waals surface area contributed by atoms with Crippen molar-refractivity contribution in [1.82, 2.24) is 4.90 Å². The summed E-state index contributed by atoms with van der Waals surface area (Å²) in [6.45, 7) is 2.02. The van der Waals surface area contributed by atoms with Gasteiger partial charge in [0.1, 0.15) is 17.4 Å². The van der Waals surface area contributed by atoms with Crippen molar-refractivity contribution in [2.75, 3.05) is 14.1 Å². The van der Waals surface area contributed by atoms with Gasteiger partial charge >= 0.3 is 0 Å². The van der Waals surface area contributed by atoms with Crippen LogP contribution in [0.4, 0.5) is 0 Å². The number of primary amides is 1. The van der Waals surface area contributed by atoms with Crippen molar-refractivity contribution >= 4 is 23.2 Å². The average Bonchev–Trinajstić information content (AvgIpc) is 2.86. The maximum atomic E-state index is 13.9. The highest BCUT2D eigenvalue weighted by molar-refractivity contribution is 6.25. The number of nitrogens with zero attached hydrogens (tertiary/aromatic N) is 1. The number of nitrogens with two attached hydrogens (primary N) is 1. The molecular formula is C30H34N2O7. The van der Waals surface area contributed by atoms with E-state index in [1.165, 1.54) is 6.07 Å². The zero-order valence-electron chi connectivity index (χ0n) is 22.2. The highest BCUT2D eigenvalue weighted by Gasteiger charge is 2.67. The van der Waals surface area contributed by atoms with Crippen molar-refractivity contribution < 1.29 is 34.8 Å². The van der Waals surface area contributed by atoms with Crippen LogP contribution in [0.5, 0.6) is 5.75 Å². The number of rotatable bonds is 5. The van der Waals surface area contributed by atoms with E-state index in [4.69, 9.17) is 5.73 Å². The first-order chi connectivity index (χ1) is 18.4. The summed E-state index contributed by atoms with van der Waals surface area (Å²) in [6, 6.07) is 10.6. The van der Waals surface area contributed by atoms with Crippen molar-refractivity contribution in [2.24, 2.45) is 23.5 Å². The van der Waals surface area contributed by atoms with Gasteiger partial charge in [-0.3, -0.25) is 14.4 Å². The van der Waals surface area contributed by atoms with Gasteiger partial charge in [-0.05, 0) is 75.4 Å². The van der Waals surface area contributed by atoms with E-state index in [-0.39, 0.29) is 23.3 Å². The van der Waals surface area contributed by atoms with Crippen molar-refractivity contribution in [3.8, 4) is 5.75 Å². The summed E-state index contributed by atoms with van der Waals surface area (Å²) in [6.07, 6.45) is 0.269. The van der Waals surface area contributed by atoms with Crippen molar-refractivity contribution in [3.63, 3.8) is 0 Å². The Morgan fingerprint density at radius 1 is 1.08 bits per heavy atom. The molecule has 0 spiro atoms. The molecule has 0 aromatic heterocycles. The molecule has 2 unspecified atom stereocenters. The number of phenolic OH excluding ortho intramolecular Hbond substituents is 1. The molecule has 2 fully saturated rings. The van der Waals surface area contributed by atoms with Gasteiger partial charge in [0.25, 0.3) is 0 Å². The van der Waals surface area contributed by atoms with Gasteiger partial charge in [-0.25, -0.2) is 0 Å². The zero-order chi connectivity index (χ0) is 28.4. The summed E-state index contributed by atoms with van der Waals surface area (Å²) in [7, 11) is 3.26. The monoisotopic (exact) mass is 534 g/mol. The summed E-state index contributed by atoms with van der Waals surface area (Å²) in [5.41, 5.74) is 6.69. The van der Waals surface area contributed by atoms with Gasteiger partial charge in [-0.2, -0.15) is 0 Å². The topological polar surface area (TPSA) is 161 Å². The minimum absolute atomic E-state index is 0.102. The SMILES string of the molecule is Cc1ccc(CCc2ccc(O)c3c2C[C@@H]2C[C@@H]4[C@@H](N(C)C)C(O)C(C(N)=O)C(=O)[C@]4(O)C(=O)C2=C3O)cc1. The van der Waals surface area contributed by atoms with Gasteiger partial charge in [0.2, 0.25) is 11.7 Å². The smallest absolute Gasteiger partial charge is 0.230 e. The van der Waals surface area contributed by atoms with E-state index in [9.17, 15) is 34.8 Å². The number of Topliss-reactive ketones (excluding diaryl/α,β-unsaturated/α-hetero) is 2. The molecule has 2 saturated carbocycles. The molecule has 6 N–H and O–H groups in total. The third kappa shape index (κ3) is 4.07. The van der Waals surface area contributed by atoms with Crippen molar-refractivity contribution in [3.05, 3.63) is 69.8 Å². The van der Waals surface area contributed by atoms with Crippen molar-refractivity contribution in [1.29, 1.82) is 0 Å². The first-order valence-corrected chi connectivity index (χ1v) is 13.2. The van der Waals surface area contributed by atoms with Gasteiger partial charge in [-0.1, -0.05) is 35.9 Å². The summed E-state index contributed by atoms with van der Waals surface area (Å²) in [5, 5.41) is 44.8. The Hall–Kier alpha value is -3.53. The van der Waals surface area contributed by atoms with Crippen molar-refractivity contribution in [2.45, 2.75) is 50.4 Å². The van der Waals surface area contributed by atoms with Crippen LogP contribution in [0.15, 0.2) is 42.0 Å². The minimum Gasteiger partial charge on any atom is -0.507 e. The first-order valence-electron chi connectivity index (χ1n) is 13.2. The number of amides is 1. The molecule has 39 heavy (non-hydrogen) atoms. The largest absolute Gasteiger partial charge is 0.507 e. The Kier molecular flexibility index (Phi) is 6.65. The lowest BCUT2D eigenvalue weighted by Gasteiger charge is -2.53. The molecule has 5 rings (SSSR count). The lowest BCUT2D eigenvalue weighted by molar-refractivity contribution is -0.184. The maximum Gasteiger partial charge on any atom is 0.230 e. The Bertz CT molecular complexity index is 1400. The van der Waals surface area contributed by atoms with Gasteiger partial charge in [-0.15, -0.1) is 0 Å². The molecular weight excluding hydrogens is 500 g/mol. The highest BCUT2D eigenvalue weighted by atomic mass is 16.3. The van der Waals surface area contributed by atoms with E-state index in [0.29, 0.717) is 18.4 Å². The standard InChI is InChI=1S/C30H34N2O7/c1-14-4-6-15(7-5-14)8-9-16-10-11-20(33)22-18(16)12-17-13-19-24(32(2)3)26(35)23(29(31)38)28(37)30(19,39)27(36)21(17)25(22)34/h4-7,10-11,17,19,23-24,26,33-35,39H,8-9,12-13H2,1-3H3,(H2,31,38)/t17-,19-,23?,24-,26?,30-/m1/s1. The second kappa shape index (κ2) is 9.59. The van der Waals surface area contributed by atoms with Crippen LogP contribution in [0.25, 0.3) is 5.76 Å². The van der Waals surface area contributed by atoms with Gasteiger partial charge < -0.3 is 31.1 Å². The number of benzene rings is 2. The predicted octanol–water partition coefficient (Wildman–Crippen LogP) is 1.22. The van der Waals surface area contributed by atoms with Crippen LogP contribution in [-0.2, 0) is 33.6 Å². The Balaban J connectivity index is 1.58. The summed E-state index contributed by atoms with van der Waals surface area (Å²) in [4.78, 5) is 41.0. The maximum absolute atomic E-state index is 13.9. The number of aromatic hydroxyl groups is 1. The third-order valence-electron chi connectivity index (χ3n) is 8.87. The van der Waals surface area contributed by atoms with E-state index in [0.717, 1.165) is 23.1 Å². The first kappa shape index (κ1) is 27.1. The molecule has 9 heteroatoms. The Morgan fingerprint density at radius 3 is 2.36 bits per heavy atom. The number of carbonyl (C=O) groups is 3. The van der Waals surface area contributed by atoms with E-state index in [1.54, 1.807) is 19.0 Å². The minimum atomic E-state index is -2.65. The molecule has 3 aliphatic carbocycles. The lowest BCUT2D eigenvalue weighted by atomic mass is 9.54. The number of likely N-dealkylation sites (N-methyl/N-ethyl adjacent to an activating group) is 1. The number of aryl methyl sites for hydroxylation is 3. The fourth-order valence-corrected chi connectivity index (χ4v) is 6.94. The molecule has 0 bridgehead atoms. The number of fused-ring (bicyclic) bond motifs is 3. The number of phenols is 1. The number of carbonyl (C=O) groups excluding carboxylic acids is 3. The molecule has 2 aromatic carbocycles. The van der Waals surface area contributed by atoms with E-state index in [1.807, 2.05) is 25.1 Å². The molecule has 1 amide bonds. The van der Waals surface area contributed by atoms with Crippen LogP contribution in [0.2, 0.25) is 0 Å². The van der Waals surface area contributed by atoms with E-state index < -0.39 is 58.7 Å². The fourth-order valence-electron chi connectivity index (χ4n) is 6.94. The fraction of sp³-hybridized carbons (Fsp3) is 0.433.